The van der Waals surface area contributed by atoms with E-state index in [1.54, 1.807) is 19.4 Å². The minimum Gasteiger partial charge on any atom is -0.495 e. The van der Waals surface area contributed by atoms with E-state index in [9.17, 15) is 9.59 Å². The third kappa shape index (κ3) is 8.23. The number of rotatable bonds is 12. The lowest BCUT2D eigenvalue weighted by Crippen LogP contribution is -2.46. The van der Waals surface area contributed by atoms with E-state index in [2.05, 4.69) is 11.4 Å². The third-order valence-electron chi connectivity index (χ3n) is 8.33. The van der Waals surface area contributed by atoms with Gasteiger partial charge >= 0.3 is 0 Å². The van der Waals surface area contributed by atoms with Gasteiger partial charge in [-0.2, -0.15) is 0 Å². The fourth-order valence-corrected chi connectivity index (χ4v) is 6.31. The van der Waals surface area contributed by atoms with E-state index in [1.165, 1.54) is 6.08 Å². The van der Waals surface area contributed by atoms with E-state index in [0.29, 0.717) is 43.1 Å². The number of fused-ring (bicyclic) bond motifs is 2. The maximum atomic E-state index is 14.4. The van der Waals surface area contributed by atoms with E-state index < -0.39 is 11.6 Å². The molecular formula is C37H41ClN2O5. The maximum absolute atomic E-state index is 14.4. The number of halogens is 1. The Morgan fingerprint density at radius 1 is 1.11 bits per heavy atom. The number of hydrogen-bond acceptors (Lipinski definition) is 6. The number of ketones is 1. The molecule has 2 unspecified atom stereocenters. The molecule has 236 valence electrons. The zero-order valence-corrected chi connectivity index (χ0v) is 26.8. The molecule has 0 fully saturated rings. The number of aryl methyl sites for hydroxylation is 1. The number of carbonyl (C=O) groups excluding carboxylic acids is 2. The molecule has 1 aromatic heterocycles. The number of hydrogen-bond donors (Lipinski definition) is 2. The van der Waals surface area contributed by atoms with Crippen molar-refractivity contribution in [1.82, 2.24) is 5.32 Å². The van der Waals surface area contributed by atoms with Gasteiger partial charge in [0, 0.05) is 28.3 Å². The first kappa shape index (κ1) is 32.5. The Morgan fingerprint density at radius 2 is 1.91 bits per heavy atom. The molecule has 45 heavy (non-hydrogen) atoms. The first-order chi connectivity index (χ1) is 21.6. The Balaban J connectivity index is 1.44. The van der Waals surface area contributed by atoms with Gasteiger partial charge in [-0.3, -0.25) is 9.59 Å². The second-order valence-corrected chi connectivity index (χ2v) is 12.9. The number of Topliss-reactive ketones (excluding diaryl/α,β-unsaturated/α-hetero) is 1. The molecule has 1 amide bonds. The summed E-state index contributed by atoms with van der Waals surface area (Å²) in [6, 6.07) is 20.9. The van der Waals surface area contributed by atoms with Crippen LogP contribution in [0.1, 0.15) is 61.3 Å². The number of amides is 1. The second-order valence-electron chi connectivity index (χ2n) is 12.5. The average molecular weight is 629 g/mol. The summed E-state index contributed by atoms with van der Waals surface area (Å²) in [4.78, 5) is 27.4. The van der Waals surface area contributed by atoms with Gasteiger partial charge in [0.1, 0.15) is 17.4 Å². The van der Waals surface area contributed by atoms with Crippen LogP contribution in [0.25, 0.3) is 11.0 Å². The highest BCUT2D eigenvalue weighted by molar-refractivity contribution is 6.32. The lowest BCUT2D eigenvalue weighted by Gasteiger charge is -2.25. The van der Waals surface area contributed by atoms with Crippen LogP contribution >= 0.6 is 11.6 Å². The molecule has 0 radical (unpaired) electrons. The largest absolute Gasteiger partial charge is 0.495 e. The fraction of sp³-hybridized carbons (Fsp3) is 0.351. The van der Waals surface area contributed by atoms with Gasteiger partial charge in [0.05, 0.1) is 31.6 Å². The Morgan fingerprint density at radius 3 is 2.67 bits per heavy atom. The van der Waals surface area contributed by atoms with E-state index in [0.717, 1.165) is 33.2 Å². The molecule has 3 N–H and O–H groups in total. The van der Waals surface area contributed by atoms with Gasteiger partial charge in [-0.15, -0.1) is 0 Å². The van der Waals surface area contributed by atoms with Crippen LogP contribution in [-0.2, 0) is 27.4 Å². The number of carbonyl (C=O) groups is 2. The van der Waals surface area contributed by atoms with E-state index in [4.69, 9.17) is 31.2 Å². The van der Waals surface area contributed by atoms with Crippen molar-refractivity contribution in [3.05, 3.63) is 112 Å². The zero-order chi connectivity index (χ0) is 32.0. The summed E-state index contributed by atoms with van der Waals surface area (Å²) in [5, 5.41) is 4.46. The van der Waals surface area contributed by atoms with Crippen LogP contribution in [0.2, 0.25) is 5.02 Å². The summed E-state index contributed by atoms with van der Waals surface area (Å²) in [7, 11) is 1.60. The highest BCUT2D eigenvalue weighted by Gasteiger charge is 2.35. The van der Waals surface area contributed by atoms with Crippen LogP contribution in [0, 0.1) is 5.92 Å². The molecule has 0 bridgehead atoms. The van der Waals surface area contributed by atoms with Crippen molar-refractivity contribution in [2.24, 2.45) is 11.7 Å². The Hall–Kier alpha value is -3.91. The van der Waals surface area contributed by atoms with Crippen LogP contribution in [0.5, 0.6) is 5.75 Å². The maximum Gasteiger partial charge on any atom is 0.244 e. The van der Waals surface area contributed by atoms with Crippen molar-refractivity contribution in [2.75, 3.05) is 13.7 Å². The molecule has 0 saturated carbocycles. The van der Waals surface area contributed by atoms with Gasteiger partial charge in [-0.05, 0) is 80.5 Å². The van der Waals surface area contributed by atoms with Crippen LogP contribution in [0.4, 0.5) is 0 Å². The predicted octanol–water partition coefficient (Wildman–Crippen LogP) is 7.13. The molecule has 1 aliphatic rings. The van der Waals surface area contributed by atoms with Crippen molar-refractivity contribution in [3.8, 4) is 5.75 Å². The third-order valence-corrected chi connectivity index (χ3v) is 8.62. The number of nitrogens with two attached hydrogens (primary N) is 1. The molecule has 3 aromatic carbocycles. The number of ether oxygens (including phenoxy) is 2. The molecular weight excluding hydrogens is 588 g/mol. The number of furan rings is 1. The van der Waals surface area contributed by atoms with Crippen molar-refractivity contribution >= 4 is 34.3 Å². The SMILES string of the molecule is COc1cc2c(cc1Cl)CCC(C(=O)[C@@H](COCc1ccccc1)NC(=O)/C=C/CC(C)(C)N)CC2c1cccc2ccoc12. The standard InChI is InChI=1S/C37H41ClN2O5/c1-37(2,39)17-8-13-34(41)40-32(23-44-22-24-9-5-4-6-10-24)35(42)27-15-14-26-20-31(38)33(43-3)21-29(26)30(19-27)28-12-7-11-25-16-18-45-36(25)28/h4-13,16,18,20-21,27,30,32H,14-15,17,19,22-23,39H2,1-3H3,(H,40,41)/b13-8+/t27?,30?,32-/m1/s1. The van der Waals surface area contributed by atoms with Crippen molar-refractivity contribution in [1.29, 1.82) is 0 Å². The minimum atomic E-state index is -0.832. The zero-order valence-electron chi connectivity index (χ0n) is 26.1. The van der Waals surface area contributed by atoms with Crippen molar-refractivity contribution < 1.29 is 23.5 Å². The summed E-state index contributed by atoms with van der Waals surface area (Å²) in [6.45, 7) is 4.17. The van der Waals surface area contributed by atoms with Gasteiger partial charge in [0.2, 0.25) is 5.91 Å². The number of methoxy groups -OCH3 is 1. The molecule has 0 spiro atoms. The van der Waals surface area contributed by atoms with Gasteiger partial charge in [0.25, 0.3) is 0 Å². The molecule has 4 aromatic rings. The molecule has 1 heterocycles. The first-order valence-corrected chi connectivity index (χ1v) is 15.7. The highest BCUT2D eigenvalue weighted by atomic mass is 35.5. The van der Waals surface area contributed by atoms with Crippen LogP contribution in [0.15, 0.2) is 89.6 Å². The van der Waals surface area contributed by atoms with Crippen molar-refractivity contribution in [2.45, 2.75) is 63.6 Å². The van der Waals surface area contributed by atoms with Crippen LogP contribution in [0.3, 0.4) is 0 Å². The van der Waals surface area contributed by atoms with Crippen LogP contribution in [-0.4, -0.2) is 37.0 Å². The highest BCUT2D eigenvalue weighted by Crippen LogP contribution is 2.44. The lowest BCUT2D eigenvalue weighted by molar-refractivity contribution is -0.130. The summed E-state index contributed by atoms with van der Waals surface area (Å²) < 4.78 is 17.6. The summed E-state index contributed by atoms with van der Waals surface area (Å²) >= 11 is 6.58. The number of nitrogens with one attached hydrogen (secondary N) is 1. The second kappa shape index (κ2) is 14.5. The Kier molecular flexibility index (Phi) is 10.4. The summed E-state index contributed by atoms with van der Waals surface area (Å²) in [5.74, 6) is -0.359. The molecule has 1 aliphatic carbocycles. The van der Waals surface area contributed by atoms with Gasteiger partial charge in [0.15, 0.2) is 5.78 Å². The van der Waals surface area contributed by atoms with Gasteiger partial charge < -0.3 is 24.9 Å². The molecule has 0 saturated heterocycles. The Bertz CT molecular complexity index is 1660. The lowest BCUT2D eigenvalue weighted by atomic mass is 9.81. The van der Waals surface area contributed by atoms with Gasteiger partial charge in [-0.1, -0.05) is 66.2 Å². The average Bonchev–Trinajstić information content (AvgIpc) is 3.42. The van der Waals surface area contributed by atoms with E-state index >= 15 is 0 Å². The normalized spacial score (nSPS) is 17.5. The molecule has 8 heteroatoms. The van der Waals surface area contributed by atoms with E-state index in [-0.39, 0.29) is 30.1 Å². The summed E-state index contributed by atoms with van der Waals surface area (Å²) in [5.41, 5.74) is 10.5. The molecule has 3 atom stereocenters. The number of para-hydroxylation sites is 1. The molecule has 5 rings (SSSR count). The smallest absolute Gasteiger partial charge is 0.244 e. The topological polar surface area (TPSA) is 104 Å². The fourth-order valence-electron chi connectivity index (χ4n) is 6.05. The number of benzene rings is 3. The quantitative estimate of drug-likeness (QED) is 0.128. The van der Waals surface area contributed by atoms with E-state index in [1.807, 2.05) is 74.5 Å². The molecule has 7 nitrogen and oxygen atoms in total. The Labute approximate surface area is 269 Å². The van der Waals surface area contributed by atoms with Crippen LogP contribution < -0.4 is 15.8 Å². The van der Waals surface area contributed by atoms with Crippen molar-refractivity contribution in [3.63, 3.8) is 0 Å². The first-order valence-electron chi connectivity index (χ1n) is 15.4. The monoisotopic (exact) mass is 628 g/mol. The molecule has 0 aliphatic heterocycles. The van der Waals surface area contributed by atoms with Gasteiger partial charge in [-0.25, -0.2) is 0 Å². The predicted molar refractivity (Wildman–Crippen MR) is 178 cm³/mol. The minimum absolute atomic E-state index is 0.0528. The summed E-state index contributed by atoms with van der Waals surface area (Å²) in [6.07, 6.45) is 7.17.